The summed E-state index contributed by atoms with van der Waals surface area (Å²) in [5.74, 6) is 0.196. The van der Waals surface area contributed by atoms with Gasteiger partial charge < -0.3 is 5.73 Å². The molecule has 40 heavy (non-hydrogen) atoms. The number of ketones is 1. The van der Waals surface area contributed by atoms with E-state index < -0.39 is 5.92 Å². The zero-order chi connectivity index (χ0) is 28.8. The van der Waals surface area contributed by atoms with Gasteiger partial charge >= 0.3 is 0 Å². The lowest BCUT2D eigenvalue weighted by atomic mass is 9.68. The first-order valence-corrected chi connectivity index (χ1v) is 14.6. The van der Waals surface area contributed by atoms with E-state index in [0.29, 0.717) is 40.6 Å². The molecule has 204 valence electrons. The number of halogens is 2. The lowest BCUT2D eigenvalue weighted by Gasteiger charge is -2.44. The number of Topliss-reactive ketones (excluding diaryl/α,β-unsaturated/α-hetero) is 1. The zero-order valence-corrected chi connectivity index (χ0v) is 24.6. The van der Waals surface area contributed by atoms with E-state index in [0.717, 1.165) is 38.5 Å². The van der Waals surface area contributed by atoms with Crippen molar-refractivity contribution in [2.45, 2.75) is 57.1 Å². The van der Waals surface area contributed by atoms with Crippen LogP contribution in [0.5, 0.6) is 0 Å². The van der Waals surface area contributed by atoms with Crippen LogP contribution < -0.4 is 10.6 Å². The number of hydrogen-bond acceptors (Lipinski definition) is 5. The number of benzene rings is 3. The Labute approximate surface area is 244 Å². The van der Waals surface area contributed by atoms with Gasteiger partial charge in [-0.3, -0.25) is 9.69 Å². The van der Waals surface area contributed by atoms with Crippen LogP contribution in [0, 0.1) is 36.4 Å². The van der Waals surface area contributed by atoms with Gasteiger partial charge in [-0.1, -0.05) is 43.6 Å². The maximum absolute atomic E-state index is 13.9. The number of rotatable bonds is 5. The van der Waals surface area contributed by atoms with Crippen LogP contribution >= 0.6 is 23.4 Å². The maximum atomic E-state index is 13.9. The molecule has 3 aromatic carbocycles. The van der Waals surface area contributed by atoms with Crippen LogP contribution in [-0.4, -0.2) is 5.78 Å². The molecule has 1 unspecified atom stereocenters. The minimum Gasteiger partial charge on any atom is -0.384 e. The zero-order valence-electron chi connectivity index (χ0n) is 23.0. The number of carbonyl (C=O) groups is 1. The van der Waals surface area contributed by atoms with E-state index in [-0.39, 0.29) is 17.0 Å². The van der Waals surface area contributed by atoms with Crippen LogP contribution in [0.2, 0.25) is 5.02 Å². The molecular formula is C33H31ClFN3OS. The molecular weight excluding hydrogens is 541 g/mol. The van der Waals surface area contributed by atoms with Crippen molar-refractivity contribution in [1.29, 1.82) is 5.26 Å². The molecule has 1 atom stereocenters. The Balaban J connectivity index is 1.66. The van der Waals surface area contributed by atoms with E-state index in [1.807, 2.05) is 30.0 Å². The van der Waals surface area contributed by atoms with Gasteiger partial charge in [0.15, 0.2) is 5.78 Å². The van der Waals surface area contributed by atoms with Crippen LogP contribution in [0.25, 0.3) is 0 Å². The fourth-order valence-electron chi connectivity index (χ4n) is 5.80. The maximum Gasteiger partial charge on any atom is 0.162 e. The van der Waals surface area contributed by atoms with Crippen LogP contribution in [0.3, 0.4) is 0 Å². The molecule has 0 fully saturated rings. The van der Waals surface area contributed by atoms with Gasteiger partial charge in [-0.2, -0.15) is 5.26 Å². The monoisotopic (exact) mass is 571 g/mol. The molecule has 1 heterocycles. The molecule has 0 saturated carbocycles. The topological polar surface area (TPSA) is 70.1 Å². The van der Waals surface area contributed by atoms with Gasteiger partial charge in [-0.25, -0.2) is 4.39 Å². The largest absolute Gasteiger partial charge is 0.384 e. The average Bonchev–Trinajstić information content (AvgIpc) is 2.88. The summed E-state index contributed by atoms with van der Waals surface area (Å²) in [4.78, 5) is 16.7. The number of nitrogens with zero attached hydrogens (tertiary/aromatic N) is 2. The quantitative estimate of drug-likeness (QED) is 0.312. The Morgan fingerprint density at radius 3 is 2.50 bits per heavy atom. The molecule has 1 aliphatic heterocycles. The van der Waals surface area contributed by atoms with Crippen molar-refractivity contribution in [2.75, 3.05) is 4.90 Å². The van der Waals surface area contributed by atoms with Crippen LogP contribution in [0.4, 0.5) is 10.1 Å². The number of nitriles is 1. The van der Waals surface area contributed by atoms with Crippen molar-refractivity contribution >= 4 is 34.8 Å². The molecule has 2 aliphatic rings. The lowest BCUT2D eigenvalue weighted by molar-refractivity contribution is -0.118. The van der Waals surface area contributed by atoms with Crippen molar-refractivity contribution in [3.05, 3.63) is 116 Å². The number of allylic oxidation sites excluding steroid dienone is 3. The Kier molecular flexibility index (Phi) is 7.56. The van der Waals surface area contributed by atoms with Gasteiger partial charge in [0.2, 0.25) is 0 Å². The van der Waals surface area contributed by atoms with E-state index in [4.69, 9.17) is 17.3 Å². The fourth-order valence-corrected chi connectivity index (χ4v) is 6.95. The number of aryl methyl sites for hydroxylation is 2. The molecule has 2 N–H and O–H groups in total. The molecule has 0 aromatic heterocycles. The van der Waals surface area contributed by atoms with Gasteiger partial charge in [-0.05, 0) is 90.4 Å². The summed E-state index contributed by atoms with van der Waals surface area (Å²) < 4.78 is 13.4. The van der Waals surface area contributed by atoms with E-state index >= 15 is 0 Å². The van der Waals surface area contributed by atoms with Crippen LogP contribution in [-0.2, 0) is 10.5 Å². The SMILES string of the molecule is Cc1cc(C)c(C2C(C#N)=C(N)N(c3cccc(Cl)c3)C3=C2C(=O)CC(C)(C)C3)cc1CSc1ccc(F)cc1. The molecule has 0 bridgehead atoms. The number of nitrogens with two attached hydrogens (primary N) is 1. The highest BCUT2D eigenvalue weighted by molar-refractivity contribution is 7.98. The van der Waals surface area contributed by atoms with Crippen LogP contribution in [0.15, 0.2) is 88.2 Å². The predicted molar refractivity (Wildman–Crippen MR) is 160 cm³/mol. The van der Waals surface area contributed by atoms with Crippen molar-refractivity contribution in [1.82, 2.24) is 0 Å². The Bertz CT molecular complexity index is 1620. The highest BCUT2D eigenvalue weighted by Crippen LogP contribution is 2.51. The molecule has 0 radical (unpaired) electrons. The minimum absolute atomic E-state index is 0.0331. The van der Waals surface area contributed by atoms with Gasteiger partial charge in [0.05, 0.1) is 17.6 Å². The first kappa shape index (κ1) is 28.0. The molecule has 7 heteroatoms. The Morgan fingerprint density at radius 1 is 1.10 bits per heavy atom. The second-order valence-corrected chi connectivity index (χ2v) is 12.8. The normalized spacial score (nSPS) is 18.6. The predicted octanol–water partition coefficient (Wildman–Crippen LogP) is 8.33. The van der Waals surface area contributed by atoms with Crippen LogP contribution in [0.1, 0.15) is 54.9 Å². The molecule has 5 rings (SSSR count). The van der Waals surface area contributed by atoms with Gasteiger partial charge in [-0.15, -0.1) is 11.8 Å². The third-order valence-electron chi connectivity index (χ3n) is 7.69. The van der Waals surface area contributed by atoms with Crippen molar-refractivity contribution in [3.8, 4) is 6.07 Å². The molecule has 1 aliphatic carbocycles. The van der Waals surface area contributed by atoms with Crippen molar-refractivity contribution < 1.29 is 9.18 Å². The second-order valence-electron chi connectivity index (χ2n) is 11.3. The third-order valence-corrected chi connectivity index (χ3v) is 8.99. The molecule has 0 amide bonds. The molecule has 4 nitrogen and oxygen atoms in total. The van der Waals surface area contributed by atoms with Gasteiger partial charge in [0, 0.05) is 39.0 Å². The first-order valence-electron chi connectivity index (χ1n) is 13.2. The summed E-state index contributed by atoms with van der Waals surface area (Å²) in [6.45, 7) is 8.25. The Morgan fingerprint density at radius 2 is 1.82 bits per heavy atom. The molecule has 0 saturated heterocycles. The average molecular weight is 572 g/mol. The summed E-state index contributed by atoms with van der Waals surface area (Å²) in [6.07, 6.45) is 1.02. The van der Waals surface area contributed by atoms with Gasteiger partial charge in [0.1, 0.15) is 11.6 Å². The third kappa shape index (κ3) is 5.29. The van der Waals surface area contributed by atoms with Crippen molar-refractivity contribution in [2.24, 2.45) is 11.1 Å². The summed E-state index contributed by atoms with van der Waals surface area (Å²) in [7, 11) is 0. The van der Waals surface area contributed by atoms with E-state index in [1.54, 1.807) is 30.0 Å². The lowest BCUT2D eigenvalue weighted by Crippen LogP contribution is -2.42. The number of thioether (sulfide) groups is 1. The summed E-state index contributed by atoms with van der Waals surface area (Å²) >= 11 is 7.97. The van der Waals surface area contributed by atoms with Gasteiger partial charge in [0.25, 0.3) is 0 Å². The summed E-state index contributed by atoms with van der Waals surface area (Å²) in [5, 5.41) is 11.0. The summed E-state index contributed by atoms with van der Waals surface area (Å²) in [6, 6.07) is 20.4. The molecule has 0 spiro atoms. The molecule has 3 aromatic rings. The smallest absolute Gasteiger partial charge is 0.162 e. The second kappa shape index (κ2) is 10.8. The van der Waals surface area contributed by atoms with Crippen molar-refractivity contribution in [3.63, 3.8) is 0 Å². The highest BCUT2D eigenvalue weighted by atomic mass is 35.5. The Hall–Kier alpha value is -3.53. The minimum atomic E-state index is -0.561. The van der Waals surface area contributed by atoms with E-state index in [2.05, 4.69) is 39.0 Å². The number of hydrogen-bond donors (Lipinski definition) is 1. The highest BCUT2D eigenvalue weighted by Gasteiger charge is 2.45. The first-order chi connectivity index (χ1) is 19.0. The summed E-state index contributed by atoms with van der Waals surface area (Å²) in [5.41, 5.74) is 13.2. The fraction of sp³-hybridized carbons (Fsp3) is 0.273. The number of carbonyl (C=O) groups excluding carboxylic acids is 1. The van der Waals surface area contributed by atoms with E-state index in [9.17, 15) is 14.4 Å². The van der Waals surface area contributed by atoms with E-state index in [1.165, 1.54) is 12.1 Å². The number of anilines is 1. The standard InChI is InChI=1S/C33H31ClFN3OS/c1-19-12-20(2)26(13-21(19)18-40-25-10-8-23(35)9-11-25)30-27(17-36)32(37)38(24-7-5-6-22(34)14-24)28-15-33(3,4)16-29(39)31(28)30/h5-14,30H,15-16,18,37H2,1-4H3.